The summed E-state index contributed by atoms with van der Waals surface area (Å²) in [5, 5.41) is -0.418. The SMILES string of the molecule is CC.CC(C)n1cc(C(F)(F)F)cc(Cl)c1=O. The molecule has 0 bridgehead atoms. The molecule has 0 aliphatic heterocycles. The molecule has 0 unspecified atom stereocenters. The van der Waals surface area contributed by atoms with Crippen molar-refractivity contribution in [2.75, 3.05) is 0 Å². The van der Waals surface area contributed by atoms with Gasteiger partial charge in [0.15, 0.2) is 0 Å². The molecular weight excluding hydrogens is 255 g/mol. The summed E-state index contributed by atoms with van der Waals surface area (Å²) in [4.78, 5) is 11.4. The van der Waals surface area contributed by atoms with Crippen molar-refractivity contribution in [1.82, 2.24) is 4.57 Å². The van der Waals surface area contributed by atoms with Gasteiger partial charge in [0.05, 0.1) is 5.56 Å². The molecule has 0 amide bonds. The Morgan fingerprint density at radius 3 is 2.12 bits per heavy atom. The molecular formula is C11H15ClF3NO. The molecule has 1 heterocycles. The van der Waals surface area contributed by atoms with Gasteiger partial charge in [-0.1, -0.05) is 25.4 Å². The number of nitrogens with zero attached hydrogens (tertiary/aromatic N) is 1. The number of alkyl halides is 3. The summed E-state index contributed by atoms with van der Waals surface area (Å²) in [7, 11) is 0. The van der Waals surface area contributed by atoms with Crippen LogP contribution in [-0.2, 0) is 6.18 Å². The fourth-order valence-corrected chi connectivity index (χ4v) is 1.32. The van der Waals surface area contributed by atoms with E-state index < -0.39 is 22.3 Å². The first-order chi connectivity index (χ1) is 7.73. The van der Waals surface area contributed by atoms with E-state index in [0.29, 0.717) is 6.07 Å². The molecule has 1 rings (SSSR count). The van der Waals surface area contributed by atoms with Crippen molar-refractivity contribution in [3.63, 3.8) is 0 Å². The number of hydrogen-bond donors (Lipinski definition) is 0. The lowest BCUT2D eigenvalue weighted by Crippen LogP contribution is -2.24. The van der Waals surface area contributed by atoms with Crippen LogP contribution in [0.25, 0.3) is 0 Å². The van der Waals surface area contributed by atoms with Crippen LogP contribution in [0, 0.1) is 0 Å². The molecule has 0 spiro atoms. The predicted molar refractivity (Wildman–Crippen MR) is 62.4 cm³/mol. The van der Waals surface area contributed by atoms with Crippen LogP contribution in [0.3, 0.4) is 0 Å². The second-order valence-corrected chi connectivity index (χ2v) is 3.79. The minimum absolute atomic E-state index is 0.364. The van der Waals surface area contributed by atoms with Gasteiger partial charge in [0.1, 0.15) is 5.02 Å². The molecule has 1 aromatic rings. The molecule has 17 heavy (non-hydrogen) atoms. The molecule has 6 heteroatoms. The Bertz CT molecular complexity index is 424. The molecule has 0 saturated heterocycles. The molecule has 0 saturated carbocycles. The average Bonchev–Trinajstić information content (AvgIpc) is 2.22. The van der Waals surface area contributed by atoms with Crippen LogP contribution in [0.1, 0.15) is 39.3 Å². The smallest absolute Gasteiger partial charge is 0.311 e. The quantitative estimate of drug-likeness (QED) is 0.751. The minimum atomic E-state index is -4.49. The molecule has 2 nitrogen and oxygen atoms in total. The summed E-state index contributed by atoms with van der Waals surface area (Å²) in [6.07, 6.45) is -3.72. The van der Waals surface area contributed by atoms with E-state index in [9.17, 15) is 18.0 Å². The maximum absolute atomic E-state index is 12.4. The van der Waals surface area contributed by atoms with E-state index in [1.807, 2.05) is 13.8 Å². The highest BCUT2D eigenvalue weighted by Gasteiger charge is 2.32. The van der Waals surface area contributed by atoms with Crippen LogP contribution in [0.5, 0.6) is 0 Å². The zero-order valence-electron chi connectivity index (χ0n) is 10.1. The van der Waals surface area contributed by atoms with Gasteiger partial charge in [-0.25, -0.2) is 0 Å². The summed E-state index contributed by atoms with van der Waals surface area (Å²) in [5.74, 6) is 0. The van der Waals surface area contributed by atoms with Gasteiger partial charge in [-0.2, -0.15) is 13.2 Å². The van der Waals surface area contributed by atoms with E-state index in [-0.39, 0.29) is 6.04 Å². The van der Waals surface area contributed by atoms with Crippen LogP contribution in [-0.4, -0.2) is 4.57 Å². The van der Waals surface area contributed by atoms with Crippen molar-refractivity contribution < 1.29 is 13.2 Å². The normalized spacial score (nSPS) is 11.1. The third kappa shape index (κ3) is 4.07. The maximum atomic E-state index is 12.4. The lowest BCUT2D eigenvalue weighted by Gasteiger charge is -2.14. The zero-order chi connectivity index (χ0) is 13.8. The van der Waals surface area contributed by atoms with Crippen LogP contribution in [0.15, 0.2) is 17.1 Å². The highest BCUT2D eigenvalue weighted by molar-refractivity contribution is 6.30. The van der Waals surface area contributed by atoms with Crippen molar-refractivity contribution >= 4 is 11.6 Å². The standard InChI is InChI=1S/C9H9ClF3NO.C2H6/c1-5(2)14-4-6(9(11,12)13)3-7(10)8(14)15;1-2/h3-5H,1-2H3;1-2H3. The van der Waals surface area contributed by atoms with Gasteiger partial charge in [0, 0.05) is 12.2 Å². The molecule has 0 aliphatic carbocycles. The van der Waals surface area contributed by atoms with Gasteiger partial charge in [-0.3, -0.25) is 4.79 Å². The molecule has 0 aliphatic rings. The van der Waals surface area contributed by atoms with E-state index in [0.717, 1.165) is 10.8 Å². The van der Waals surface area contributed by atoms with Crippen LogP contribution >= 0.6 is 11.6 Å². The topological polar surface area (TPSA) is 22.0 Å². The Morgan fingerprint density at radius 1 is 1.29 bits per heavy atom. The Kier molecular flexibility index (Phi) is 5.75. The Labute approximate surface area is 103 Å². The Balaban J connectivity index is 0.00000121. The largest absolute Gasteiger partial charge is 0.417 e. The summed E-state index contributed by atoms with van der Waals surface area (Å²) in [6, 6.07) is 0.278. The van der Waals surface area contributed by atoms with E-state index in [4.69, 9.17) is 11.6 Å². The fraction of sp³-hybridized carbons (Fsp3) is 0.545. The van der Waals surface area contributed by atoms with Gasteiger partial charge in [0.25, 0.3) is 5.56 Å². The molecule has 0 aromatic carbocycles. The summed E-state index contributed by atoms with van der Waals surface area (Å²) < 4.78 is 38.1. The van der Waals surface area contributed by atoms with Crippen molar-refractivity contribution in [3.05, 3.63) is 33.2 Å². The molecule has 1 aromatic heterocycles. The maximum Gasteiger partial charge on any atom is 0.417 e. The van der Waals surface area contributed by atoms with Crippen molar-refractivity contribution in [3.8, 4) is 0 Å². The van der Waals surface area contributed by atoms with Gasteiger partial charge >= 0.3 is 6.18 Å². The number of halogens is 4. The van der Waals surface area contributed by atoms with E-state index in [1.54, 1.807) is 13.8 Å². The fourth-order valence-electron chi connectivity index (χ4n) is 1.11. The predicted octanol–water partition coefficient (Wildman–Crippen LogP) is 4.13. The summed E-state index contributed by atoms with van der Waals surface area (Å²) in [5.41, 5.74) is -1.53. The first kappa shape index (κ1) is 16.0. The Hall–Kier alpha value is -0.970. The van der Waals surface area contributed by atoms with Crippen LogP contribution in [0.2, 0.25) is 5.02 Å². The first-order valence-corrected chi connectivity index (χ1v) is 5.60. The third-order valence-electron chi connectivity index (χ3n) is 1.88. The Morgan fingerprint density at radius 2 is 1.76 bits per heavy atom. The van der Waals surface area contributed by atoms with Crippen LogP contribution < -0.4 is 5.56 Å². The number of hydrogen-bond acceptors (Lipinski definition) is 1. The third-order valence-corrected chi connectivity index (χ3v) is 2.15. The second kappa shape index (κ2) is 6.10. The monoisotopic (exact) mass is 269 g/mol. The number of aromatic nitrogens is 1. The lowest BCUT2D eigenvalue weighted by atomic mass is 10.2. The summed E-state index contributed by atoms with van der Waals surface area (Å²) in [6.45, 7) is 7.22. The molecule has 0 N–H and O–H groups in total. The molecule has 0 fully saturated rings. The second-order valence-electron chi connectivity index (χ2n) is 3.38. The first-order valence-electron chi connectivity index (χ1n) is 5.22. The number of pyridine rings is 1. The van der Waals surface area contributed by atoms with Crippen molar-refractivity contribution in [2.45, 2.75) is 39.9 Å². The highest BCUT2D eigenvalue weighted by atomic mass is 35.5. The van der Waals surface area contributed by atoms with Crippen molar-refractivity contribution in [2.24, 2.45) is 0 Å². The molecule has 0 radical (unpaired) electrons. The summed E-state index contributed by atoms with van der Waals surface area (Å²) >= 11 is 5.44. The van der Waals surface area contributed by atoms with Gasteiger partial charge in [-0.05, 0) is 19.9 Å². The molecule has 0 atom stereocenters. The van der Waals surface area contributed by atoms with Gasteiger partial charge < -0.3 is 4.57 Å². The minimum Gasteiger partial charge on any atom is -0.311 e. The van der Waals surface area contributed by atoms with E-state index >= 15 is 0 Å². The number of rotatable bonds is 1. The van der Waals surface area contributed by atoms with Gasteiger partial charge in [0.2, 0.25) is 0 Å². The van der Waals surface area contributed by atoms with E-state index in [1.165, 1.54) is 0 Å². The van der Waals surface area contributed by atoms with Gasteiger partial charge in [-0.15, -0.1) is 0 Å². The highest BCUT2D eigenvalue weighted by Crippen LogP contribution is 2.30. The van der Waals surface area contributed by atoms with E-state index in [2.05, 4.69) is 0 Å². The van der Waals surface area contributed by atoms with Crippen molar-refractivity contribution in [1.29, 1.82) is 0 Å². The average molecular weight is 270 g/mol. The lowest BCUT2D eigenvalue weighted by molar-refractivity contribution is -0.138. The molecule has 98 valence electrons. The van der Waals surface area contributed by atoms with Crippen LogP contribution in [0.4, 0.5) is 13.2 Å². The zero-order valence-corrected chi connectivity index (χ0v) is 10.9.